The Kier molecular flexibility index (Phi) is 4.46. The van der Waals surface area contributed by atoms with Crippen LogP contribution in [-0.2, 0) is 9.84 Å². The van der Waals surface area contributed by atoms with Crippen molar-refractivity contribution in [2.45, 2.75) is 32.4 Å². The van der Waals surface area contributed by atoms with E-state index in [-0.39, 0.29) is 35.2 Å². The molecule has 1 aromatic heterocycles. The molecule has 8 heteroatoms. The molecule has 1 aromatic rings. The lowest BCUT2D eigenvalue weighted by atomic mass is 10.2. The molecule has 1 atom stereocenters. The third-order valence-corrected chi connectivity index (χ3v) is 5.15. The summed E-state index contributed by atoms with van der Waals surface area (Å²) in [5.74, 6) is 0.457. The Morgan fingerprint density at radius 2 is 2.14 bits per heavy atom. The van der Waals surface area contributed by atoms with Crippen molar-refractivity contribution in [3.63, 3.8) is 0 Å². The number of sulfone groups is 1. The van der Waals surface area contributed by atoms with Gasteiger partial charge in [-0.25, -0.2) is 18.4 Å². The largest absolute Gasteiger partial charge is 0.368 e. The van der Waals surface area contributed by atoms with Gasteiger partial charge < -0.3 is 10.2 Å². The summed E-state index contributed by atoms with van der Waals surface area (Å²) in [4.78, 5) is 21.9. The first kappa shape index (κ1) is 15.7. The van der Waals surface area contributed by atoms with E-state index in [1.54, 1.807) is 13.1 Å². The molecule has 0 saturated carbocycles. The molecule has 0 aromatic carbocycles. The van der Waals surface area contributed by atoms with Crippen LogP contribution in [-0.4, -0.2) is 59.8 Å². The molecule has 2 heterocycles. The van der Waals surface area contributed by atoms with Crippen molar-refractivity contribution in [2.75, 3.05) is 23.9 Å². The van der Waals surface area contributed by atoms with Crippen LogP contribution in [0.3, 0.4) is 0 Å². The molecule has 1 aliphatic heterocycles. The smallest absolute Gasteiger partial charge is 0.272 e. The molecule has 2 rings (SSSR count). The predicted molar refractivity (Wildman–Crippen MR) is 79.9 cm³/mol. The van der Waals surface area contributed by atoms with Gasteiger partial charge in [0.15, 0.2) is 9.84 Å². The standard InChI is InChI=1S/C13H20N4O3S/c1-9(2)16-12-6-11(14-8-15-12)13(18)17(3)10-4-5-21(19,20)7-10/h6,8-10H,4-5,7H2,1-3H3,(H,14,15,16). The van der Waals surface area contributed by atoms with Crippen LogP contribution in [0.4, 0.5) is 5.82 Å². The van der Waals surface area contributed by atoms with E-state index in [2.05, 4.69) is 15.3 Å². The van der Waals surface area contributed by atoms with E-state index in [0.717, 1.165) is 0 Å². The highest BCUT2D eigenvalue weighted by Crippen LogP contribution is 2.18. The lowest BCUT2D eigenvalue weighted by Crippen LogP contribution is -2.38. The molecule has 116 valence electrons. The summed E-state index contributed by atoms with van der Waals surface area (Å²) in [6.07, 6.45) is 1.81. The fourth-order valence-corrected chi connectivity index (χ4v) is 4.05. The van der Waals surface area contributed by atoms with Gasteiger partial charge in [0.25, 0.3) is 5.91 Å². The number of aromatic nitrogens is 2. The molecule has 1 N–H and O–H groups in total. The van der Waals surface area contributed by atoms with E-state index in [4.69, 9.17) is 0 Å². The van der Waals surface area contributed by atoms with Gasteiger partial charge in [0, 0.05) is 25.2 Å². The second kappa shape index (κ2) is 5.97. The number of anilines is 1. The van der Waals surface area contributed by atoms with Crippen LogP contribution in [0.15, 0.2) is 12.4 Å². The molecule has 1 saturated heterocycles. The first-order valence-corrected chi connectivity index (χ1v) is 8.67. The minimum atomic E-state index is -3.02. The topological polar surface area (TPSA) is 92.3 Å². The number of carbonyl (C=O) groups is 1. The summed E-state index contributed by atoms with van der Waals surface area (Å²) in [6.45, 7) is 3.94. The molecule has 1 unspecified atom stereocenters. The van der Waals surface area contributed by atoms with Crippen molar-refractivity contribution in [1.82, 2.24) is 14.9 Å². The Bertz CT molecular complexity index is 630. The van der Waals surface area contributed by atoms with Crippen LogP contribution < -0.4 is 5.32 Å². The summed E-state index contributed by atoms with van der Waals surface area (Å²) in [5, 5.41) is 3.10. The monoisotopic (exact) mass is 312 g/mol. The van der Waals surface area contributed by atoms with Crippen LogP contribution in [0.5, 0.6) is 0 Å². The van der Waals surface area contributed by atoms with E-state index < -0.39 is 9.84 Å². The van der Waals surface area contributed by atoms with Gasteiger partial charge in [-0.05, 0) is 20.3 Å². The van der Waals surface area contributed by atoms with Gasteiger partial charge in [0.1, 0.15) is 17.8 Å². The van der Waals surface area contributed by atoms with Crippen LogP contribution in [0.25, 0.3) is 0 Å². The number of nitrogens with zero attached hydrogens (tertiary/aromatic N) is 3. The molecule has 1 fully saturated rings. The third kappa shape index (κ3) is 3.90. The summed E-state index contributed by atoms with van der Waals surface area (Å²) in [6, 6.07) is 1.50. The van der Waals surface area contributed by atoms with Gasteiger partial charge in [-0.15, -0.1) is 0 Å². The molecular formula is C13H20N4O3S. The average molecular weight is 312 g/mol. The Morgan fingerprint density at radius 3 is 2.71 bits per heavy atom. The SMILES string of the molecule is CC(C)Nc1cc(C(=O)N(C)C2CCS(=O)(=O)C2)ncn1. The number of rotatable bonds is 4. The van der Waals surface area contributed by atoms with Crippen LogP contribution in [0.1, 0.15) is 30.8 Å². The quantitative estimate of drug-likeness (QED) is 0.873. The maximum absolute atomic E-state index is 12.4. The van der Waals surface area contributed by atoms with Crippen LogP contribution in [0, 0.1) is 0 Å². The van der Waals surface area contributed by atoms with Crippen LogP contribution >= 0.6 is 0 Å². The Morgan fingerprint density at radius 1 is 1.43 bits per heavy atom. The molecule has 0 aliphatic carbocycles. The van der Waals surface area contributed by atoms with Crippen LogP contribution in [0.2, 0.25) is 0 Å². The molecule has 1 amide bonds. The van der Waals surface area contributed by atoms with Crippen molar-refractivity contribution in [2.24, 2.45) is 0 Å². The fraction of sp³-hybridized carbons (Fsp3) is 0.615. The molecular weight excluding hydrogens is 292 g/mol. The van der Waals surface area contributed by atoms with Gasteiger partial charge in [-0.3, -0.25) is 4.79 Å². The van der Waals surface area contributed by atoms with Gasteiger partial charge in [-0.2, -0.15) is 0 Å². The van der Waals surface area contributed by atoms with Crippen molar-refractivity contribution in [1.29, 1.82) is 0 Å². The molecule has 0 bridgehead atoms. The van der Waals surface area contributed by atoms with Gasteiger partial charge in [0.2, 0.25) is 0 Å². The van der Waals surface area contributed by atoms with Gasteiger partial charge >= 0.3 is 0 Å². The number of carbonyl (C=O) groups excluding carboxylic acids is 1. The molecule has 0 spiro atoms. The zero-order chi connectivity index (χ0) is 15.6. The second-order valence-corrected chi connectivity index (χ2v) is 7.79. The van der Waals surface area contributed by atoms with E-state index in [1.165, 1.54) is 11.2 Å². The van der Waals surface area contributed by atoms with Gasteiger partial charge in [-0.1, -0.05) is 0 Å². The van der Waals surface area contributed by atoms with E-state index in [9.17, 15) is 13.2 Å². The fourth-order valence-electron chi connectivity index (χ4n) is 2.28. The Balaban J connectivity index is 2.12. The highest BCUT2D eigenvalue weighted by atomic mass is 32.2. The maximum Gasteiger partial charge on any atom is 0.272 e. The lowest BCUT2D eigenvalue weighted by Gasteiger charge is -2.23. The first-order chi connectivity index (χ1) is 9.78. The Labute approximate surface area is 124 Å². The first-order valence-electron chi connectivity index (χ1n) is 6.84. The van der Waals surface area contributed by atoms with Crippen molar-refractivity contribution in [3.8, 4) is 0 Å². The minimum Gasteiger partial charge on any atom is -0.368 e. The number of hydrogen-bond donors (Lipinski definition) is 1. The average Bonchev–Trinajstić information content (AvgIpc) is 2.77. The third-order valence-electron chi connectivity index (χ3n) is 3.40. The molecule has 7 nitrogen and oxygen atoms in total. The maximum atomic E-state index is 12.4. The highest BCUT2D eigenvalue weighted by Gasteiger charge is 2.33. The lowest BCUT2D eigenvalue weighted by molar-refractivity contribution is 0.0741. The number of hydrogen-bond acceptors (Lipinski definition) is 6. The number of nitrogens with one attached hydrogen (secondary N) is 1. The predicted octanol–water partition coefficient (Wildman–Crippen LogP) is 0.556. The van der Waals surface area contributed by atoms with E-state index in [0.29, 0.717) is 12.2 Å². The Hall–Kier alpha value is -1.70. The van der Waals surface area contributed by atoms with E-state index >= 15 is 0 Å². The zero-order valence-electron chi connectivity index (χ0n) is 12.4. The minimum absolute atomic E-state index is 0.0252. The second-order valence-electron chi connectivity index (χ2n) is 5.56. The number of amides is 1. The van der Waals surface area contributed by atoms with E-state index in [1.807, 2.05) is 13.8 Å². The summed E-state index contributed by atoms with van der Waals surface area (Å²) in [5.41, 5.74) is 0.264. The summed E-state index contributed by atoms with van der Waals surface area (Å²) in [7, 11) is -1.40. The highest BCUT2D eigenvalue weighted by molar-refractivity contribution is 7.91. The van der Waals surface area contributed by atoms with Crippen molar-refractivity contribution in [3.05, 3.63) is 18.1 Å². The van der Waals surface area contributed by atoms with Crippen molar-refractivity contribution >= 4 is 21.6 Å². The van der Waals surface area contributed by atoms with Crippen molar-refractivity contribution < 1.29 is 13.2 Å². The van der Waals surface area contributed by atoms with Gasteiger partial charge in [0.05, 0.1) is 11.5 Å². The summed E-state index contributed by atoms with van der Waals surface area (Å²) < 4.78 is 23.0. The summed E-state index contributed by atoms with van der Waals surface area (Å²) >= 11 is 0. The molecule has 1 aliphatic rings. The molecule has 21 heavy (non-hydrogen) atoms. The normalized spacial score (nSPS) is 20.5. The molecule has 0 radical (unpaired) electrons. The zero-order valence-corrected chi connectivity index (χ0v) is 13.2.